The van der Waals surface area contributed by atoms with E-state index in [0.29, 0.717) is 17.7 Å². The van der Waals surface area contributed by atoms with Crippen LogP contribution in [0.15, 0.2) is 48.5 Å². The maximum atomic E-state index is 13.3. The minimum atomic E-state index is -0.942. The SMILES string of the molecule is CCN(CC(=O)NCc1ccc(F)cc1)C(=O)CN1C(=O)c2ccccc2N2C(=O)CCC12C. The Bertz CT molecular complexity index is 1140. The van der Waals surface area contributed by atoms with Gasteiger partial charge in [-0.15, -0.1) is 0 Å². The number of fused-ring (bicyclic) bond motifs is 3. The third-order valence-electron chi connectivity index (χ3n) is 6.51. The van der Waals surface area contributed by atoms with Gasteiger partial charge >= 0.3 is 0 Å². The van der Waals surface area contributed by atoms with Crippen molar-refractivity contribution in [2.45, 2.75) is 38.9 Å². The molecule has 0 aromatic heterocycles. The molecule has 9 heteroatoms. The van der Waals surface area contributed by atoms with Gasteiger partial charge in [0.05, 0.1) is 17.8 Å². The van der Waals surface area contributed by atoms with Crippen molar-refractivity contribution in [3.63, 3.8) is 0 Å². The van der Waals surface area contributed by atoms with Gasteiger partial charge in [-0.2, -0.15) is 0 Å². The molecule has 2 aliphatic heterocycles. The van der Waals surface area contributed by atoms with Crippen molar-refractivity contribution < 1.29 is 23.6 Å². The molecule has 0 saturated carbocycles. The van der Waals surface area contributed by atoms with E-state index >= 15 is 0 Å². The van der Waals surface area contributed by atoms with Gasteiger partial charge in [0.25, 0.3) is 5.91 Å². The second kappa shape index (κ2) is 9.24. The highest BCUT2D eigenvalue weighted by Gasteiger charge is 2.53. The summed E-state index contributed by atoms with van der Waals surface area (Å²) in [5.41, 5.74) is 0.736. The van der Waals surface area contributed by atoms with E-state index in [9.17, 15) is 23.6 Å². The number of rotatable bonds is 7. The first kappa shape index (κ1) is 23.4. The standard InChI is InChI=1S/C25H27FN4O4/c1-3-28(15-21(31)27-14-17-8-10-18(26)11-9-17)23(33)16-29-24(34)19-6-4-5-7-20(19)30-22(32)12-13-25(29,30)2/h4-11H,3,12-16H2,1-2H3,(H,27,31). The number of nitrogens with zero attached hydrogens (tertiary/aromatic N) is 3. The first-order valence-electron chi connectivity index (χ1n) is 11.3. The zero-order valence-electron chi connectivity index (χ0n) is 19.2. The molecular weight excluding hydrogens is 439 g/mol. The summed E-state index contributed by atoms with van der Waals surface area (Å²) in [6.45, 7) is 3.62. The van der Waals surface area contributed by atoms with Gasteiger partial charge in [0, 0.05) is 19.5 Å². The van der Waals surface area contributed by atoms with E-state index in [0.717, 1.165) is 5.56 Å². The lowest BCUT2D eigenvalue weighted by molar-refractivity contribution is -0.137. The summed E-state index contributed by atoms with van der Waals surface area (Å²) in [6.07, 6.45) is 0.704. The van der Waals surface area contributed by atoms with E-state index in [1.165, 1.54) is 21.9 Å². The summed E-state index contributed by atoms with van der Waals surface area (Å²) in [5.74, 6) is -1.50. The molecule has 1 fully saturated rings. The highest BCUT2D eigenvalue weighted by atomic mass is 19.1. The van der Waals surface area contributed by atoms with Crippen LogP contribution in [0.4, 0.5) is 10.1 Å². The van der Waals surface area contributed by atoms with Crippen molar-refractivity contribution in [2.75, 3.05) is 24.5 Å². The fourth-order valence-electron chi connectivity index (χ4n) is 4.58. The molecule has 1 atom stereocenters. The number of hydrogen-bond acceptors (Lipinski definition) is 4. The van der Waals surface area contributed by atoms with E-state index in [4.69, 9.17) is 0 Å². The van der Waals surface area contributed by atoms with Crippen molar-refractivity contribution >= 4 is 29.3 Å². The van der Waals surface area contributed by atoms with Gasteiger partial charge in [0.1, 0.15) is 18.0 Å². The van der Waals surface area contributed by atoms with Crippen LogP contribution in [-0.2, 0) is 20.9 Å². The maximum absolute atomic E-state index is 13.3. The molecule has 0 bridgehead atoms. The second-order valence-electron chi connectivity index (χ2n) is 8.67. The summed E-state index contributed by atoms with van der Waals surface area (Å²) in [5, 5.41) is 2.73. The molecule has 0 spiro atoms. The number of halogens is 1. The Labute approximate surface area is 197 Å². The monoisotopic (exact) mass is 466 g/mol. The van der Waals surface area contributed by atoms with Crippen molar-refractivity contribution in [2.24, 2.45) is 0 Å². The van der Waals surface area contributed by atoms with Gasteiger partial charge < -0.3 is 15.1 Å². The van der Waals surface area contributed by atoms with E-state index in [-0.39, 0.29) is 62.0 Å². The molecule has 34 heavy (non-hydrogen) atoms. The lowest BCUT2D eigenvalue weighted by Crippen LogP contribution is -2.64. The minimum Gasteiger partial charge on any atom is -0.350 e. The first-order valence-corrected chi connectivity index (χ1v) is 11.3. The topological polar surface area (TPSA) is 90.0 Å². The number of para-hydroxylation sites is 1. The average Bonchev–Trinajstić information content (AvgIpc) is 3.14. The number of benzene rings is 2. The molecular formula is C25H27FN4O4. The van der Waals surface area contributed by atoms with Crippen LogP contribution >= 0.6 is 0 Å². The summed E-state index contributed by atoms with van der Waals surface area (Å²) in [7, 11) is 0. The average molecular weight is 467 g/mol. The van der Waals surface area contributed by atoms with Crippen LogP contribution in [0.5, 0.6) is 0 Å². The smallest absolute Gasteiger partial charge is 0.258 e. The molecule has 8 nitrogen and oxygen atoms in total. The Kier molecular flexibility index (Phi) is 6.37. The van der Waals surface area contributed by atoms with Crippen LogP contribution in [0, 0.1) is 5.82 Å². The number of anilines is 1. The predicted molar refractivity (Wildman–Crippen MR) is 123 cm³/mol. The van der Waals surface area contributed by atoms with Gasteiger partial charge in [0.2, 0.25) is 17.7 Å². The molecule has 4 amide bonds. The highest BCUT2D eigenvalue weighted by Crippen LogP contribution is 2.43. The van der Waals surface area contributed by atoms with E-state index in [1.807, 2.05) is 0 Å². The number of hydrogen-bond donors (Lipinski definition) is 1. The minimum absolute atomic E-state index is 0.0904. The van der Waals surface area contributed by atoms with Gasteiger partial charge in [0.15, 0.2) is 0 Å². The first-order chi connectivity index (χ1) is 16.2. The van der Waals surface area contributed by atoms with Crippen LogP contribution in [-0.4, -0.2) is 58.7 Å². The largest absolute Gasteiger partial charge is 0.350 e. The molecule has 1 unspecified atom stereocenters. The number of carbonyl (C=O) groups is 4. The van der Waals surface area contributed by atoms with E-state index < -0.39 is 5.66 Å². The van der Waals surface area contributed by atoms with E-state index in [2.05, 4.69) is 5.32 Å². The number of nitrogens with one attached hydrogen (secondary N) is 1. The molecule has 1 N–H and O–H groups in total. The van der Waals surface area contributed by atoms with Crippen molar-refractivity contribution in [1.82, 2.24) is 15.1 Å². The molecule has 0 aliphatic carbocycles. The number of likely N-dealkylation sites (N-methyl/N-ethyl adjacent to an activating group) is 1. The van der Waals surface area contributed by atoms with Crippen LogP contribution in [0.3, 0.4) is 0 Å². The fraction of sp³-hybridized carbons (Fsp3) is 0.360. The highest BCUT2D eigenvalue weighted by molar-refractivity contribution is 6.11. The van der Waals surface area contributed by atoms with Crippen molar-refractivity contribution in [3.8, 4) is 0 Å². The fourth-order valence-corrected chi connectivity index (χ4v) is 4.58. The summed E-state index contributed by atoms with van der Waals surface area (Å²) in [4.78, 5) is 56.1. The van der Waals surface area contributed by atoms with Gasteiger partial charge in [-0.3, -0.25) is 24.1 Å². The Morgan fingerprint density at radius 3 is 2.53 bits per heavy atom. The third-order valence-corrected chi connectivity index (χ3v) is 6.51. The molecule has 4 rings (SSSR count). The normalized spacial score (nSPS) is 19.0. The maximum Gasteiger partial charge on any atom is 0.258 e. The Hall–Kier alpha value is -3.75. The van der Waals surface area contributed by atoms with Gasteiger partial charge in [-0.25, -0.2) is 4.39 Å². The summed E-state index contributed by atoms with van der Waals surface area (Å²) < 4.78 is 13.0. The Morgan fingerprint density at radius 1 is 1.12 bits per heavy atom. The van der Waals surface area contributed by atoms with Crippen LogP contribution in [0.25, 0.3) is 0 Å². The number of amides is 4. The number of carbonyl (C=O) groups excluding carboxylic acids is 4. The molecule has 2 aliphatic rings. The van der Waals surface area contributed by atoms with Gasteiger partial charge in [-0.05, 0) is 50.1 Å². The molecule has 178 valence electrons. The quantitative estimate of drug-likeness (QED) is 0.678. The van der Waals surface area contributed by atoms with Crippen LogP contribution in [0.1, 0.15) is 42.6 Å². The molecule has 2 aromatic carbocycles. The van der Waals surface area contributed by atoms with Crippen molar-refractivity contribution in [1.29, 1.82) is 0 Å². The lowest BCUT2D eigenvalue weighted by Gasteiger charge is -2.48. The van der Waals surface area contributed by atoms with Crippen LogP contribution < -0.4 is 10.2 Å². The summed E-state index contributed by atoms with van der Waals surface area (Å²) >= 11 is 0. The van der Waals surface area contributed by atoms with E-state index in [1.54, 1.807) is 55.1 Å². The molecule has 2 heterocycles. The predicted octanol–water partition coefficient (Wildman–Crippen LogP) is 2.29. The molecule has 1 saturated heterocycles. The Morgan fingerprint density at radius 2 is 1.82 bits per heavy atom. The van der Waals surface area contributed by atoms with Crippen LogP contribution in [0.2, 0.25) is 0 Å². The Balaban J connectivity index is 1.46. The zero-order chi connectivity index (χ0) is 24.5. The lowest BCUT2D eigenvalue weighted by atomic mass is 9.98. The molecule has 2 aromatic rings. The second-order valence-corrected chi connectivity index (χ2v) is 8.67. The van der Waals surface area contributed by atoms with Crippen molar-refractivity contribution in [3.05, 3.63) is 65.5 Å². The van der Waals surface area contributed by atoms with Gasteiger partial charge in [-0.1, -0.05) is 24.3 Å². The summed E-state index contributed by atoms with van der Waals surface area (Å²) in [6, 6.07) is 12.7. The third kappa shape index (κ3) is 4.25. The zero-order valence-corrected chi connectivity index (χ0v) is 19.2. The molecule has 0 radical (unpaired) electrons.